The topological polar surface area (TPSA) is 21.8 Å². The number of nitrogens with one attached hydrogen (secondary N) is 1. The Balaban J connectivity index is 1.40. The van der Waals surface area contributed by atoms with Gasteiger partial charge in [-0.15, -0.1) is 0 Å². The van der Waals surface area contributed by atoms with E-state index in [0.717, 1.165) is 19.6 Å². The van der Waals surface area contributed by atoms with Crippen molar-refractivity contribution in [1.29, 1.82) is 0 Å². The minimum atomic E-state index is 0.592. The van der Waals surface area contributed by atoms with E-state index in [-0.39, 0.29) is 0 Å². The Morgan fingerprint density at radius 3 is 2.27 bits per heavy atom. The summed E-state index contributed by atoms with van der Waals surface area (Å²) in [7, 11) is 0. The minimum Gasteiger partial charge on any atom is -0.309 e. The molecule has 4 rings (SSSR count). The maximum atomic E-state index is 3.61. The molecule has 0 unspecified atom stereocenters. The Labute approximate surface area is 161 Å². The molecule has 2 aliphatic rings. The molecular formula is C21H28N4S. The average molecular weight is 369 g/mol. The number of hydrogen-bond donors (Lipinski definition) is 1. The van der Waals surface area contributed by atoms with Crippen LogP contribution in [0.1, 0.15) is 20.3 Å². The summed E-state index contributed by atoms with van der Waals surface area (Å²) in [6, 6.07) is 20.5. The van der Waals surface area contributed by atoms with Crippen molar-refractivity contribution in [2.45, 2.75) is 32.4 Å². The van der Waals surface area contributed by atoms with Gasteiger partial charge in [-0.3, -0.25) is 8.61 Å². The quantitative estimate of drug-likeness (QED) is 0.793. The van der Waals surface area contributed by atoms with E-state index in [9.17, 15) is 0 Å². The van der Waals surface area contributed by atoms with Crippen LogP contribution in [0.3, 0.4) is 0 Å². The summed E-state index contributed by atoms with van der Waals surface area (Å²) in [6.07, 6.45) is 1.18. The van der Waals surface area contributed by atoms with Gasteiger partial charge in [0.15, 0.2) is 0 Å². The fourth-order valence-corrected chi connectivity index (χ4v) is 5.11. The van der Waals surface area contributed by atoms with Gasteiger partial charge in [0.2, 0.25) is 0 Å². The molecule has 5 heteroatoms. The second-order valence-corrected chi connectivity index (χ2v) is 8.35. The molecule has 4 nitrogen and oxygen atoms in total. The lowest BCUT2D eigenvalue weighted by molar-refractivity contribution is 0.173. The van der Waals surface area contributed by atoms with Gasteiger partial charge in [0.25, 0.3) is 0 Å². The third-order valence-corrected chi connectivity index (χ3v) is 6.16. The van der Waals surface area contributed by atoms with Gasteiger partial charge >= 0.3 is 0 Å². The number of hydrogen-bond acceptors (Lipinski definition) is 5. The van der Waals surface area contributed by atoms with Crippen LogP contribution in [0.25, 0.3) is 0 Å². The van der Waals surface area contributed by atoms with E-state index in [1.54, 1.807) is 0 Å². The minimum absolute atomic E-state index is 0.592. The lowest BCUT2D eigenvalue weighted by Crippen LogP contribution is -2.54. The van der Waals surface area contributed by atoms with Crippen molar-refractivity contribution in [3.8, 4) is 0 Å². The summed E-state index contributed by atoms with van der Waals surface area (Å²) in [6.45, 7) is 9.12. The normalized spacial score (nSPS) is 23.3. The summed E-state index contributed by atoms with van der Waals surface area (Å²) < 4.78 is 4.78. The van der Waals surface area contributed by atoms with Crippen molar-refractivity contribution < 1.29 is 0 Å². The Bertz CT molecular complexity index is 713. The van der Waals surface area contributed by atoms with Gasteiger partial charge in [0.05, 0.1) is 29.2 Å². The molecule has 0 amide bonds. The van der Waals surface area contributed by atoms with Gasteiger partial charge in [-0.2, -0.15) is 0 Å². The van der Waals surface area contributed by atoms with Crippen molar-refractivity contribution in [2.24, 2.45) is 0 Å². The lowest BCUT2D eigenvalue weighted by Gasteiger charge is -2.36. The van der Waals surface area contributed by atoms with Crippen molar-refractivity contribution in [3.05, 3.63) is 54.6 Å². The van der Waals surface area contributed by atoms with E-state index < -0.39 is 0 Å². The first-order chi connectivity index (χ1) is 12.7. The first-order valence-electron chi connectivity index (χ1n) is 9.59. The first kappa shape index (κ1) is 17.7. The largest absolute Gasteiger partial charge is 0.309 e. The molecule has 1 N–H and O–H groups in total. The molecule has 0 bridgehead atoms. The average Bonchev–Trinajstić information content (AvgIpc) is 3.01. The monoisotopic (exact) mass is 368 g/mol. The molecule has 2 heterocycles. The highest BCUT2D eigenvalue weighted by Crippen LogP contribution is 2.48. The molecule has 138 valence electrons. The number of rotatable bonds is 5. The van der Waals surface area contributed by atoms with Crippen LogP contribution in [0.5, 0.6) is 0 Å². The molecule has 0 radical (unpaired) electrons. The molecule has 2 atom stereocenters. The number of piperazine rings is 1. The standard InChI is InChI=1S/C21H28N4S/c1-17-15-23(16-18(2)22-17)13-8-14-24-20-11-6-7-12-21(20)25(26-24)19-9-4-3-5-10-19/h3-7,9-12,17-18,22H,8,13-16H2,1-2H3/t17-,18+. The van der Waals surface area contributed by atoms with Crippen LogP contribution in [-0.4, -0.2) is 43.2 Å². The number of nitrogens with zero attached hydrogens (tertiary/aromatic N) is 3. The molecule has 0 spiro atoms. The van der Waals surface area contributed by atoms with Crippen LogP contribution in [0.15, 0.2) is 54.6 Å². The van der Waals surface area contributed by atoms with Gasteiger partial charge in [-0.05, 0) is 51.1 Å². The van der Waals surface area contributed by atoms with E-state index in [0.29, 0.717) is 12.1 Å². The zero-order valence-corrected chi connectivity index (χ0v) is 16.5. The molecule has 0 aromatic heterocycles. The van der Waals surface area contributed by atoms with Crippen LogP contribution >= 0.6 is 12.1 Å². The Kier molecular flexibility index (Phi) is 5.38. The maximum absolute atomic E-state index is 3.61. The number of anilines is 3. The number of fused-ring (bicyclic) bond motifs is 1. The van der Waals surface area contributed by atoms with E-state index in [1.807, 2.05) is 12.1 Å². The second kappa shape index (κ2) is 7.91. The Morgan fingerprint density at radius 2 is 1.54 bits per heavy atom. The van der Waals surface area contributed by atoms with Crippen LogP contribution in [0, 0.1) is 0 Å². The van der Waals surface area contributed by atoms with Gasteiger partial charge < -0.3 is 10.2 Å². The summed E-state index contributed by atoms with van der Waals surface area (Å²) >= 11 is 1.82. The predicted molar refractivity (Wildman–Crippen MR) is 113 cm³/mol. The molecule has 2 aromatic rings. The molecule has 2 aliphatic heterocycles. The third-order valence-electron chi connectivity index (χ3n) is 5.01. The highest BCUT2D eigenvalue weighted by Gasteiger charge is 2.28. The van der Waals surface area contributed by atoms with E-state index >= 15 is 0 Å². The lowest BCUT2D eigenvalue weighted by atomic mass is 10.1. The van der Waals surface area contributed by atoms with E-state index in [2.05, 4.69) is 87.3 Å². The van der Waals surface area contributed by atoms with Crippen molar-refractivity contribution >= 4 is 29.2 Å². The van der Waals surface area contributed by atoms with E-state index in [1.165, 1.54) is 30.0 Å². The predicted octanol–water partition coefficient (Wildman–Crippen LogP) is 4.28. The summed E-state index contributed by atoms with van der Waals surface area (Å²) in [5.41, 5.74) is 3.84. The van der Waals surface area contributed by atoms with Gasteiger partial charge in [0, 0.05) is 31.7 Å². The fourth-order valence-electron chi connectivity index (χ4n) is 4.00. The highest BCUT2D eigenvalue weighted by molar-refractivity contribution is 8.02. The zero-order valence-electron chi connectivity index (χ0n) is 15.6. The van der Waals surface area contributed by atoms with Crippen LogP contribution in [0.2, 0.25) is 0 Å². The maximum Gasteiger partial charge on any atom is 0.0784 e. The molecule has 0 saturated carbocycles. The van der Waals surface area contributed by atoms with Gasteiger partial charge in [-0.1, -0.05) is 30.3 Å². The summed E-state index contributed by atoms with van der Waals surface area (Å²) in [5.74, 6) is 0. The smallest absolute Gasteiger partial charge is 0.0784 e. The van der Waals surface area contributed by atoms with Crippen LogP contribution in [-0.2, 0) is 0 Å². The SMILES string of the molecule is C[C@@H]1CN(CCCN2SN(c3ccccc3)c3ccccc32)C[C@H](C)N1. The number of benzene rings is 2. The molecule has 1 fully saturated rings. The van der Waals surface area contributed by atoms with Crippen molar-refractivity contribution in [3.63, 3.8) is 0 Å². The third kappa shape index (κ3) is 3.85. The fraction of sp³-hybridized carbons (Fsp3) is 0.429. The second-order valence-electron chi connectivity index (χ2n) is 7.38. The van der Waals surface area contributed by atoms with E-state index in [4.69, 9.17) is 0 Å². The first-order valence-corrected chi connectivity index (χ1v) is 10.3. The van der Waals surface area contributed by atoms with Crippen molar-refractivity contribution in [1.82, 2.24) is 10.2 Å². The number of para-hydroxylation sites is 3. The zero-order chi connectivity index (χ0) is 17.9. The molecule has 1 saturated heterocycles. The molecule has 2 aromatic carbocycles. The van der Waals surface area contributed by atoms with Crippen LogP contribution < -0.4 is 13.9 Å². The molecule has 26 heavy (non-hydrogen) atoms. The van der Waals surface area contributed by atoms with Crippen molar-refractivity contribution in [2.75, 3.05) is 34.8 Å². The summed E-state index contributed by atoms with van der Waals surface area (Å²) in [5, 5.41) is 3.61. The Morgan fingerprint density at radius 1 is 0.885 bits per heavy atom. The molecular weight excluding hydrogens is 340 g/mol. The Hall–Kier alpha value is -1.69. The molecule has 0 aliphatic carbocycles. The summed E-state index contributed by atoms with van der Waals surface area (Å²) in [4.78, 5) is 2.60. The van der Waals surface area contributed by atoms with Crippen LogP contribution in [0.4, 0.5) is 17.1 Å². The highest BCUT2D eigenvalue weighted by atomic mass is 32.2. The van der Waals surface area contributed by atoms with Gasteiger partial charge in [-0.25, -0.2) is 0 Å². The van der Waals surface area contributed by atoms with Gasteiger partial charge in [0.1, 0.15) is 0 Å².